The van der Waals surface area contributed by atoms with E-state index in [9.17, 15) is 4.79 Å². The third-order valence-corrected chi connectivity index (χ3v) is 3.47. The van der Waals surface area contributed by atoms with Gasteiger partial charge in [0.05, 0.1) is 17.1 Å². The van der Waals surface area contributed by atoms with E-state index in [-0.39, 0.29) is 11.9 Å². The lowest BCUT2D eigenvalue weighted by Crippen LogP contribution is -2.28. The molecule has 1 aromatic carbocycles. The van der Waals surface area contributed by atoms with Crippen LogP contribution in [0.2, 0.25) is 0 Å². The van der Waals surface area contributed by atoms with Gasteiger partial charge < -0.3 is 9.88 Å². The van der Waals surface area contributed by atoms with Gasteiger partial charge in [-0.05, 0) is 31.4 Å². The lowest BCUT2D eigenvalue weighted by Gasteiger charge is -2.17. The first-order valence-electron chi connectivity index (χ1n) is 7.77. The minimum Gasteiger partial charge on any atom is -0.346 e. The molecule has 0 fully saturated rings. The summed E-state index contributed by atoms with van der Waals surface area (Å²) in [6, 6.07) is 8.07. The number of benzene rings is 1. The summed E-state index contributed by atoms with van der Waals surface area (Å²) < 4.78 is 2.23. The van der Waals surface area contributed by atoms with Gasteiger partial charge in [0.25, 0.3) is 0 Å². The Bertz CT molecular complexity index is 616. The van der Waals surface area contributed by atoms with Crippen molar-refractivity contribution < 1.29 is 4.79 Å². The third-order valence-electron chi connectivity index (χ3n) is 3.47. The van der Waals surface area contributed by atoms with Gasteiger partial charge in [0, 0.05) is 13.0 Å². The zero-order chi connectivity index (χ0) is 15.4. The largest absolute Gasteiger partial charge is 0.346 e. The summed E-state index contributed by atoms with van der Waals surface area (Å²) in [6.45, 7) is 9.31. The fourth-order valence-corrected chi connectivity index (χ4v) is 2.59. The highest BCUT2D eigenvalue weighted by molar-refractivity contribution is 5.78. The van der Waals surface area contributed by atoms with Gasteiger partial charge in [0.2, 0.25) is 5.91 Å². The molecule has 0 bridgehead atoms. The maximum absolute atomic E-state index is 11.8. The van der Waals surface area contributed by atoms with Crippen LogP contribution in [0.15, 0.2) is 24.3 Å². The number of para-hydroxylation sites is 2. The quantitative estimate of drug-likeness (QED) is 0.881. The molecule has 1 heterocycles. The van der Waals surface area contributed by atoms with Crippen LogP contribution in [0.25, 0.3) is 11.0 Å². The van der Waals surface area contributed by atoms with E-state index in [4.69, 9.17) is 4.98 Å². The number of carbonyl (C=O) groups is 1. The Hall–Kier alpha value is -1.84. The second kappa shape index (κ2) is 6.74. The molecular formula is C17H25N3O. The Morgan fingerprint density at radius 2 is 2.00 bits per heavy atom. The minimum absolute atomic E-state index is 0.0739. The molecule has 0 saturated heterocycles. The van der Waals surface area contributed by atoms with Gasteiger partial charge in [-0.25, -0.2) is 4.98 Å². The number of aromatic nitrogens is 2. The van der Waals surface area contributed by atoms with Crippen molar-refractivity contribution in [3.63, 3.8) is 0 Å². The summed E-state index contributed by atoms with van der Waals surface area (Å²) in [6.07, 6.45) is 1.43. The molecule has 0 aliphatic carbocycles. The van der Waals surface area contributed by atoms with Crippen LogP contribution in [0.1, 0.15) is 52.4 Å². The van der Waals surface area contributed by atoms with Gasteiger partial charge in [-0.3, -0.25) is 4.79 Å². The van der Waals surface area contributed by atoms with Gasteiger partial charge >= 0.3 is 0 Å². The zero-order valence-electron chi connectivity index (χ0n) is 13.4. The van der Waals surface area contributed by atoms with E-state index < -0.39 is 0 Å². The molecule has 114 valence electrons. The number of rotatable bonds is 6. The summed E-state index contributed by atoms with van der Waals surface area (Å²) >= 11 is 0. The average Bonchev–Trinajstić information content (AvgIpc) is 2.77. The summed E-state index contributed by atoms with van der Waals surface area (Å²) in [5, 5.41) is 3.05. The predicted molar refractivity (Wildman–Crippen MR) is 86.0 cm³/mol. The van der Waals surface area contributed by atoms with Crippen LogP contribution in [0, 0.1) is 5.92 Å². The second-order valence-corrected chi connectivity index (χ2v) is 6.00. The van der Waals surface area contributed by atoms with Crippen molar-refractivity contribution >= 4 is 16.9 Å². The first-order chi connectivity index (χ1) is 10.0. The van der Waals surface area contributed by atoms with Crippen LogP contribution < -0.4 is 5.32 Å². The number of amides is 1. The van der Waals surface area contributed by atoms with E-state index in [0.29, 0.717) is 12.3 Å². The van der Waals surface area contributed by atoms with E-state index in [1.165, 1.54) is 0 Å². The van der Waals surface area contributed by atoms with Crippen molar-refractivity contribution in [2.45, 2.75) is 53.1 Å². The van der Waals surface area contributed by atoms with Gasteiger partial charge in [0.1, 0.15) is 5.82 Å². The number of hydrogen-bond acceptors (Lipinski definition) is 2. The van der Waals surface area contributed by atoms with Gasteiger partial charge in [-0.2, -0.15) is 0 Å². The Kier molecular flexibility index (Phi) is 4.99. The SMILES string of the molecule is CCCC(=O)N[C@H](C)c1nc2ccccc2n1CC(C)C. The lowest BCUT2D eigenvalue weighted by molar-refractivity contribution is -0.121. The summed E-state index contributed by atoms with van der Waals surface area (Å²) in [5.74, 6) is 1.56. The monoisotopic (exact) mass is 287 g/mol. The van der Waals surface area contributed by atoms with Crippen LogP contribution in [0.5, 0.6) is 0 Å². The van der Waals surface area contributed by atoms with E-state index >= 15 is 0 Å². The molecule has 0 saturated carbocycles. The van der Waals surface area contributed by atoms with Crippen molar-refractivity contribution in [3.05, 3.63) is 30.1 Å². The maximum atomic E-state index is 11.8. The maximum Gasteiger partial charge on any atom is 0.220 e. The van der Waals surface area contributed by atoms with E-state index in [0.717, 1.165) is 29.8 Å². The van der Waals surface area contributed by atoms with E-state index in [1.807, 2.05) is 32.0 Å². The molecule has 21 heavy (non-hydrogen) atoms. The molecule has 2 aromatic rings. The molecule has 1 N–H and O–H groups in total. The van der Waals surface area contributed by atoms with E-state index in [1.54, 1.807) is 0 Å². The molecule has 0 radical (unpaired) electrons. The molecular weight excluding hydrogens is 262 g/mol. The lowest BCUT2D eigenvalue weighted by atomic mass is 10.2. The van der Waals surface area contributed by atoms with E-state index in [2.05, 4.69) is 29.8 Å². The Morgan fingerprint density at radius 1 is 1.29 bits per heavy atom. The molecule has 4 nitrogen and oxygen atoms in total. The molecule has 1 aromatic heterocycles. The average molecular weight is 287 g/mol. The molecule has 1 atom stereocenters. The van der Waals surface area contributed by atoms with Crippen LogP contribution in [0.4, 0.5) is 0 Å². The zero-order valence-corrected chi connectivity index (χ0v) is 13.4. The smallest absolute Gasteiger partial charge is 0.220 e. The fraction of sp³-hybridized carbons (Fsp3) is 0.529. The first-order valence-corrected chi connectivity index (χ1v) is 7.77. The Morgan fingerprint density at radius 3 is 2.67 bits per heavy atom. The van der Waals surface area contributed by atoms with Crippen LogP contribution in [-0.4, -0.2) is 15.5 Å². The number of fused-ring (bicyclic) bond motifs is 1. The van der Waals surface area contributed by atoms with Crippen molar-refractivity contribution in [2.24, 2.45) is 5.92 Å². The second-order valence-electron chi connectivity index (χ2n) is 6.00. The predicted octanol–water partition coefficient (Wildman–Crippen LogP) is 3.67. The topological polar surface area (TPSA) is 46.9 Å². The van der Waals surface area contributed by atoms with Crippen molar-refractivity contribution in [1.29, 1.82) is 0 Å². The standard InChI is InChI=1S/C17H25N3O/c1-5-8-16(21)18-13(4)17-19-14-9-6-7-10-15(14)20(17)11-12(2)3/h6-7,9-10,12-13H,5,8,11H2,1-4H3,(H,18,21)/t13-/m1/s1. The minimum atomic E-state index is -0.0739. The molecule has 0 aliphatic rings. The highest BCUT2D eigenvalue weighted by Crippen LogP contribution is 2.22. The van der Waals surface area contributed by atoms with Crippen LogP contribution in [0.3, 0.4) is 0 Å². The first kappa shape index (κ1) is 15.5. The number of nitrogens with one attached hydrogen (secondary N) is 1. The third kappa shape index (κ3) is 3.63. The normalized spacial score (nSPS) is 12.8. The Labute approximate surface area is 126 Å². The number of hydrogen-bond donors (Lipinski definition) is 1. The fourth-order valence-electron chi connectivity index (χ4n) is 2.59. The van der Waals surface area contributed by atoms with Crippen LogP contribution >= 0.6 is 0 Å². The van der Waals surface area contributed by atoms with Gasteiger partial charge in [-0.15, -0.1) is 0 Å². The molecule has 4 heteroatoms. The van der Waals surface area contributed by atoms with Gasteiger partial charge in [0.15, 0.2) is 0 Å². The van der Waals surface area contributed by atoms with Crippen molar-refractivity contribution in [3.8, 4) is 0 Å². The molecule has 2 rings (SSSR count). The highest BCUT2D eigenvalue weighted by atomic mass is 16.1. The number of imidazole rings is 1. The highest BCUT2D eigenvalue weighted by Gasteiger charge is 2.18. The van der Waals surface area contributed by atoms with Gasteiger partial charge in [-0.1, -0.05) is 32.9 Å². The molecule has 1 amide bonds. The molecule has 0 aliphatic heterocycles. The van der Waals surface area contributed by atoms with Crippen molar-refractivity contribution in [2.75, 3.05) is 0 Å². The van der Waals surface area contributed by atoms with Crippen molar-refractivity contribution in [1.82, 2.24) is 14.9 Å². The number of carbonyl (C=O) groups excluding carboxylic acids is 1. The number of nitrogens with zero attached hydrogens (tertiary/aromatic N) is 2. The Balaban J connectivity index is 2.35. The summed E-state index contributed by atoms with van der Waals surface area (Å²) in [7, 11) is 0. The molecule has 0 spiro atoms. The van der Waals surface area contributed by atoms with Crippen LogP contribution in [-0.2, 0) is 11.3 Å². The summed E-state index contributed by atoms with van der Waals surface area (Å²) in [4.78, 5) is 16.6. The summed E-state index contributed by atoms with van der Waals surface area (Å²) in [5.41, 5.74) is 2.13. The molecule has 0 unspecified atom stereocenters.